The van der Waals surface area contributed by atoms with Crippen LogP contribution in [0.1, 0.15) is 44.1 Å². The normalized spacial score (nSPS) is 15.4. The lowest BCUT2D eigenvalue weighted by Gasteiger charge is -2.22. The summed E-state index contributed by atoms with van der Waals surface area (Å²) < 4.78 is 2.46. The predicted molar refractivity (Wildman–Crippen MR) is 97.2 cm³/mol. The van der Waals surface area contributed by atoms with Crippen LogP contribution in [-0.4, -0.2) is 26.7 Å². The number of hydrogen-bond acceptors (Lipinski definition) is 3. The average Bonchev–Trinajstić information content (AvgIpc) is 2.95. The van der Waals surface area contributed by atoms with E-state index in [-0.39, 0.29) is 5.91 Å². The highest BCUT2D eigenvalue weighted by molar-refractivity contribution is 7.71. The third-order valence-corrected chi connectivity index (χ3v) is 4.91. The molecule has 24 heavy (non-hydrogen) atoms. The maximum atomic E-state index is 12.2. The molecule has 128 valence electrons. The lowest BCUT2D eigenvalue weighted by atomic mass is 9.95. The van der Waals surface area contributed by atoms with E-state index in [1.165, 1.54) is 24.8 Å². The maximum absolute atomic E-state index is 12.2. The summed E-state index contributed by atoms with van der Waals surface area (Å²) in [4.78, 5) is 12.2. The van der Waals surface area contributed by atoms with Crippen LogP contribution in [0.25, 0.3) is 11.4 Å². The SMILES string of the molecule is Cc1ccc(-c2n[nH]c(=S)n2CCC(=O)NC2CCCCC2)cc1. The number of aromatic nitrogens is 3. The molecule has 1 heterocycles. The fraction of sp³-hybridized carbons (Fsp3) is 0.500. The van der Waals surface area contributed by atoms with Gasteiger partial charge in [0, 0.05) is 24.6 Å². The first-order valence-electron chi connectivity index (χ1n) is 8.65. The van der Waals surface area contributed by atoms with Crippen molar-refractivity contribution in [2.45, 2.75) is 58.0 Å². The molecule has 0 bridgehead atoms. The van der Waals surface area contributed by atoms with E-state index in [2.05, 4.69) is 22.4 Å². The van der Waals surface area contributed by atoms with Crippen molar-refractivity contribution in [3.8, 4) is 11.4 Å². The molecular formula is C18H24N4OS. The summed E-state index contributed by atoms with van der Waals surface area (Å²) in [5.41, 5.74) is 2.20. The van der Waals surface area contributed by atoms with E-state index < -0.39 is 0 Å². The summed E-state index contributed by atoms with van der Waals surface area (Å²) >= 11 is 5.33. The molecule has 0 unspecified atom stereocenters. The number of aromatic amines is 1. The lowest BCUT2D eigenvalue weighted by Crippen LogP contribution is -2.36. The number of rotatable bonds is 5. The minimum Gasteiger partial charge on any atom is -0.353 e. The van der Waals surface area contributed by atoms with Crippen LogP contribution in [0.5, 0.6) is 0 Å². The molecule has 1 saturated carbocycles. The molecule has 2 N–H and O–H groups in total. The zero-order valence-electron chi connectivity index (χ0n) is 14.0. The molecule has 1 fully saturated rings. The Kier molecular flexibility index (Phi) is 5.45. The Morgan fingerprint density at radius 3 is 2.71 bits per heavy atom. The van der Waals surface area contributed by atoms with Gasteiger partial charge in [0.15, 0.2) is 10.6 Å². The molecule has 0 saturated heterocycles. The highest BCUT2D eigenvalue weighted by atomic mass is 32.1. The Balaban J connectivity index is 1.64. The van der Waals surface area contributed by atoms with E-state index in [9.17, 15) is 4.79 Å². The summed E-state index contributed by atoms with van der Waals surface area (Å²) in [6, 6.07) is 8.50. The number of benzene rings is 1. The van der Waals surface area contributed by atoms with Crippen LogP contribution in [0.4, 0.5) is 0 Å². The van der Waals surface area contributed by atoms with Crippen molar-refractivity contribution in [2.24, 2.45) is 0 Å². The van der Waals surface area contributed by atoms with Crippen LogP contribution in [0.15, 0.2) is 24.3 Å². The summed E-state index contributed by atoms with van der Waals surface area (Å²) in [6.45, 7) is 2.59. The molecule has 1 aliphatic carbocycles. The van der Waals surface area contributed by atoms with Gasteiger partial charge in [0.1, 0.15) is 0 Å². The van der Waals surface area contributed by atoms with E-state index in [1.807, 2.05) is 28.8 Å². The number of nitrogens with one attached hydrogen (secondary N) is 2. The molecule has 6 heteroatoms. The van der Waals surface area contributed by atoms with Crippen molar-refractivity contribution in [3.63, 3.8) is 0 Å². The van der Waals surface area contributed by atoms with Gasteiger partial charge in [-0.1, -0.05) is 49.1 Å². The Morgan fingerprint density at radius 1 is 1.29 bits per heavy atom. The average molecular weight is 344 g/mol. The topological polar surface area (TPSA) is 62.7 Å². The summed E-state index contributed by atoms with van der Waals surface area (Å²) in [5.74, 6) is 0.880. The highest BCUT2D eigenvalue weighted by Crippen LogP contribution is 2.19. The van der Waals surface area contributed by atoms with E-state index in [0.29, 0.717) is 23.8 Å². The molecule has 1 aliphatic rings. The Morgan fingerprint density at radius 2 is 2.00 bits per heavy atom. The molecule has 5 nitrogen and oxygen atoms in total. The van der Waals surface area contributed by atoms with Crippen molar-refractivity contribution in [2.75, 3.05) is 0 Å². The van der Waals surface area contributed by atoms with Crippen LogP contribution in [-0.2, 0) is 11.3 Å². The molecule has 1 aromatic carbocycles. The zero-order valence-corrected chi connectivity index (χ0v) is 14.9. The molecule has 1 amide bonds. The molecule has 0 radical (unpaired) electrons. The zero-order chi connectivity index (χ0) is 16.9. The third-order valence-electron chi connectivity index (χ3n) is 4.60. The Hall–Kier alpha value is -1.95. The van der Waals surface area contributed by atoms with Crippen molar-refractivity contribution in [1.82, 2.24) is 20.1 Å². The third kappa shape index (κ3) is 4.12. The minimum atomic E-state index is 0.0971. The number of amides is 1. The van der Waals surface area contributed by atoms with Crippen molar-refractivity contribution < 1.29 is 4.79 Å². The van der Waals surface area contributed by atoms with E-state index in [1.54, 1.807) is 0 Å². The molecule has 2 aromatic rings. The standard InChI is InChI=1S/C18H24N4OS/c1-13-7-9-14(10-8-13)17-20-21-18(24)22(17)12-11-16(23)19-15-5-3-2-4-6-15/h7-10,15H,2-6,11-12H2,1H3,(H,19,23)(H,21,24). The van der Waals surface area contributed by atoms with Crippen LogP contribution >= 0.6 is 12.2 Å². The van der Waals surface area contributed by atoms with Crippen LogP contribution in [0.2, 0.25) is 0 Å². The summed E-state index contributed by atoms with van der Waals surface area (Å²) in [6.07, 6.45) is 6.35. The summed E-state index contributed by atoms with van der Waals surface area (Å²) in [7, 11) is 0. The Labute approximate surface area is 147 Å². The van der Waals surface area contributed by atoms with Gasteiger partial charge < -0.3 is 5.32 Å². The van der Waals surface area contributed by atoms with Crippen molar-refractivity contribution >= 4 is 18.1 Å². The van der Waals surface area contributed by atoms with E-state index in [4.69, 9.17) is 12.2 Å². The van der Waals surface area contributed by atoms with Gasteiger partial charge in [-0.15, -0.1) is 0 Å². The fourth-order valence-electron chi connectivity index (χ4n) is 3.21. The Bertz CT molecular complexity index is 741. The van der Waals surface area contributed by atoms with Gasteiger partial charge in [0.2, 0.25) is 5.91 Å². The molecule has 3 rings (SSSR count). The molecule has 0 atom stereocenters. The van der Waals surface area contributed by atoms with Gasteiger partial charge in [-0.25, -0.2) is 0 Å². The number of hydrogen-bond donors (Lipinski definition) is 2. The quantitative estimate of drug-likeness (QED) is 0.812. The first kappa shape index (κ1) is 16.9. The monoisotopic (exact) mass is 344 g/mol. The number of aryl methyl sites for hydroxylation is 1. The fourth-order valence-corrected chi connectivity index (χ4v) is 3.43. The van der Waals surface area contributed by atoms with Crippen molar-refractivity contribution in [1.29, 1.82) is 0 Å². The summed E-state index contributed by atoms with van der Waals surface area (Å²) in [5, 5.41) is 10.3. The molecule has 0 aliphatic heterocycles. The molecule has 0 spiro atoms. The van der Waals surface area contributed by atoms with E-state index in [0.717, 1.165) is 24.2 Å². The number of nitrogens with zero attached hydrogens (tertiary/aromatic N) is 2. The van der Waals surface area contributed by atoms with Gasteiger partial charge in [0.25, 0.3) is 0 Å². The number of carbonyl (C=O) groups is 1. The van der Waals surface area contributed by atoms with Gasteiger partial charge in [-0.3, -0.25) is 14.5 Å². The van der Waals surface area contributed by atoms with Crippen molar-refractivity contribution in [3.05, 3.63) is 34.6 Å². The number of carbonyl (C=O) groups excluding carboxylic acids is 1. The molecular weight excluding hydrogens is 320 g/mol. The highest BCUT2D eigenvalue weighted by Gasteiger charge is 2.16. The number of H-pyrrole nitrogens is 1. The largest absolute Gasteiger partial charge is 0.353 e. The smallest absolute Gasteiger partial charge is 0.222 e. The molecule has 1 aromatic heterocycles. The first-order valence-corrected chi connectivity index (χ1v) is 9.06. The van der Waals surface area contributed by atoms with Gasteiger partial charge in [-0.05, 0) is 32.0 Å². The van der Waals surface area contributed by atoms with E-state index >= 15 is 0 Å². The van der Waals surface area contributed by atoms with Gasteiger partial charge >= 0.3 is 0 Å². The minimum absolute atomic E-state index is 0.0971. The lowest BCUT2D eigenvalue weighted by molar-refractivity contribution is -0.122. The predicted octanol–water partition coefficient (Wildman–Crippen LogP) is 3.76. The van der Waals surface area contributed by atoms with Crippen LogP contribution in [0, 0.1) is 11.7 Å². The van der Waals surface area contributed by atoms with Crippen LogP contribution in [0.3, 0.4) is 0 Å². The van der Waals surface area contributed by atoms with Gasteiger partial charge in [-0.2, -0.15) is 5.10 Å². The maximum Gasteiger partial charge on any atom is 0.222 e. The first-order chi connectivity index (χ1) is 11.6. The van der Waals surface area contributed by atoms with Crippen LogP contribution < -0.4 is 5.32 Å². The van der Waals surface area contributed by atoms with Gasteiger partial charge in [0.05, 0.1) is 0 Å². The second-order valence-corrected chi connectivity index (χ2v) is 6.91. The second-order valence-electron chi connectivity index (χ2n) is 6.52. The second kappa shape index (κ2) is 7.75.